The van der Waals surface area contributed by atoms with Gasteiger partial charge in [0.15, 0.2) is 0 Å². The van der Waals surface area contributed by atoms with Gasteiger partial charge in [-0.25, -0.2) is 10.8 Å². The fraction of sp³-hybridized carbons (Fsp3) is 0.333. The van der Waals surface area contributed by atoms with E-state index in [4.69, 9.17) is 11.6 Å². The monoisotopic (exact) mass is 166 g/mol. The lowest BCUT2D eigenvalue weighted by atomic mass is 10.2. The molecule has 2 aliphatic heterocycles. The van der Waals surface area contributed by atoms with Crippen LogP contribution in [0.15, 0.2) is 21.4 Å². The maximum Gasteiger partial charge on any atom is 0.143 e. The smallest absolute Gasteiger partial charge is 0.143 e. The van der Waals surface area contributed by atoms with Crippen LogP contribution in [0, 0.1) is 0 Å². The molecule has 5 N–H and O–H groups in total. The number of hydrogen-bond acceptors (Lipinski definition) is 6. The van der Waals surface area contributed by atoms with Crippen molar-refractivity contribution in [3.8, 4) is 0 Å². The largest absolute Gasteiger partial charge is 0.347 e. The fourth-order valence-electron chi connectivity index (χ4n) is 1.16. The summed E-state index contributed by atoms with van der Waals surface area (Å²) >= 11 is 0. The lowest BCUT2D eigenvalue weighted by molar-refractivity contribution is 0.466. The number of hydrogen-bond donors (Lipinski definition) is 3. The lowest BCUT2D eigenvalue weighted by Gasteiger charge is -2.26. The van der Waals surface area contributed by atoms with Gasteiger partial charge in [0.25, 0.3) is 0 Å². The zero-order valence-corrected chi connectivity index (χ0v) is 6.44. The maximum atomic E-state index is 5.67. The van der Waals surface area contributed by atoms with Crippen molar-refractivity contribution in [1.29, 1.82) is 0 Å². The van der Waals surface area contributed by atoms with Crippen LogP contribution < -0.4 is 16.9 Å². The molecule has 6 nitrogen and oxygen atoms in total. The molecule has 0 aromatic rings. The first-order valence-corrected chi connectivity index (χ1v) is 3.60. The quantitative estimate of drug-likeness (QED) is 0.375. The van der Waals surface area contributed by atoms with E-state index < -0.39 is 0 Å². The Morgan fingerprint density at radius 1 is 1.67 bits per heavy atom. The highest BCUT2D eigenvalue weighted by molar-refractivity contribution is 5.66. The molecule has 0 aromatic carbocycles. The Labute approximate surface area is 69.6 Å². The van der Waals surface area contributed by atoms with Crippen molar-refractivity contribution in [1.82, 2.24) is 10.3 Å². The minimum absolute atomic E-state index is 0.355. The van der Waals surface area contributed by atoms with E-state index in [1.54, 1.807) is 12.7 Å². The summed E-state index contributed by atoms with van der Waals surface area (Å²) in [5.74, 6) is 5.51. The van der Waals surface area contributed by atoms with Crippen LogP contribution in [0.1, 0.15) is 0 Å². The van der Waals surface area contributed by atoms with Gasteiger partial charge in [-0.3, -0.25) is 10.0 Å². The van der Waals surface area contributed by atoms with Crippen LogP contribution in [0.5, 0.6) is 0 Å². The third-order valence-corrected chi connectivity index (χ3v) is 1.75. The van der Waals surface area contributed by atoms with Gasteiger partial charge in [-0.05, 0) is 0 Å². The highest BCUT2D eigenvalue weighted by Crippen LogP contribution is 2.14. The first-order valence-electron chi connectivity index (χ1n) is 3.60. The second-order valence-electron chi connectivity index (χ2n) is 2.65. The fourth-order valence-corrected chi connectivity index (χ4v) is 1.16. The van der Waals surface area contributed by atoms with Gasteiger partial charge in [0.2, 0.25) is 0 Å². The molecule has 0 bridgehead atoms. The van der Waals surface area contributed by atoms with Crippen LogP contribution in [0.25, 0.3) is 0 Å². The molecule has 1 atom stereocenters. The summed E-state index contributed by atoms with van der Waals surface area (Å²) in [6.45, 7) is 0.596. The van der Waals surface area contributed by atoms with Crippen LogP contribution in [0.2, 0.25) is 0 Å². The van der Waals surface area contributed by atoms with Gasteiger partial charge < -0.3 is 11.1 Å². The first kappa shape index (κ1) is 7.26. The number of aliphatic imine (C=N–C) groups is 2. The highest BCUT2D eigenvalue weighted by atomic mass is 15.4. The summed E-state index contributed by atoms with van der Waals surface area (Å²) < 4.78 is 0. The summed E-state index contributed by atoms with van der Waals surface area (Å²) in [5, 5.41) is 4.44. The molecule has 0 amide bonds. The second-order valence-corrected chi connectivity index (χ2v) is 2.65. The molecule has 0 saturated carbocycles. The summed E-state index contributed by atoms with van der Waals surface area (Å²) in [6.07, 6.45) is 2.76. The Morgan fingerprint density at radius 2 is 2.50 bits per heavy atom. The van der Waals surface area contributed by atoms with Crippen LogP contribution >= 0.6 is 0 Å². The number of hydrazine groups is 1. The molecule has 1 unspecified atom stereocenters. The molecule has 0 radical (unpaired) electrons. The summed E-state index contributed by atoms with van der Waals surface area (Å²) in [5.41, 5.74) is 7.35. The van der Waals surface area contributed by atoms with Crippen molar-refractivity contribution >= 4 is 12.7 Å². The van der Waals surface area contributed by atoms with E-state index in [1.807, 2.05) is 0 Å². The molecule has 0 aliphatic carbocycles. The van der Waals surface area contributed by atoms with E-state index in [0.29, 0.717) is 6.54 Å². The number of rotatable bonds is 0. The van der Waals surface area contributed by atoms with Gasteiger partial charge in [-0.1, -0.05) is 0 Å². The minimum Gasteiger partial charge on any atom is -0.347 e. The third kappa shape index (κ3) is 1.06. The minimum atomic E-state index is -0.355. The molecule has 6 heteroatoms. The molecule has 2 rings (SSSR count). The Hall–Kier alpha value is -1.40. The predicted molar refractivity (Wildman–Crippen MR) is 46.0 cm³/mol. The highest BCUT2D eigenvalue weighted by Gasteiger charge is 2.19. The standard InChI is InChI=1S/C6H10N6/c7-6-5-4(9-2-10-6)1-12(8)3-11-5/h2-3,6H,1,7-8H2,(H,9,10). The van der Waals surface area contributed by atoms with E-state index in [-0.39, 0.29) is 6.17 Å². The third-order valence-electron chi connectivity index (χ3n) is 1.75. The van der Waals surface area contributed by atoms with E-state index in [0.717, 1.165) is 11.4 Å². The predicted octanol–water partition coefficient (Wildman–Crippen LogP) is -1.67. The summed E-state index contributed by atoms with van der Waals surface area (Å²) in [7, 11) is 0. The SMILES string of the molecule is NC1N=CNC2=C1N=CN(N)C2. The summed E-state index contributed by atoms with van der Waals surface area (Å²) in [6, 6.07) is 0. The Balaban J connectivity index is 2.28. The molecule has 2 aliphatic rings. The second kappa shape index (κ2) is 2.58. The molecule has 0 saturated heterocycles. The molecule has 0 fully saturated rings. The first-order chi connectivity index (χ1) is 5.77. The number of nitrogens with two attached hydrogens (primary N) is 2. The van der Waals surface area contributed by atoms with E-state index in [1.165, 1.54) is 5.01 Å². The molecule has 0 spiro atoms. The van der Waals surface area contributed by atoms with Gasteiger partial charge >= 0.3 is 0 Å². The van der Waals surface area contributed by atoms with E-state index in [9.17, 15) is 0 Å². The van der Waals surface area contributed by atoms with E-state index >= 15 is 0 Å². The van der Waals surface area contributed by atoms with E-state index in [2.05, 4.69) is 15.3 Å². The Kier molecular flexibility index (Phi) is 1.56. The molecular formula is C6H10N6. The zero-order valence-electron chi connectivity index (χ0n) is 6.44. The zero-order chi connectivity index (χ0) is 8.55. The Bertz CT molecular complexity index is 278. The van der Waals surface area contributed by atoms with Crippen molar-refractivity contribution in [3.63, 3.8) is 0 Å². The van der Waals surface area contributed by atoms with Crippen molar-refractivity contribution < 1.29 is 0 Å². The van der Waals surface area contributed by atoms with Gasteiger partial charge in [-0.15, -0.1) is 0 Å². The van der Waals surface area contributed by atoms with Crippen LogP contribution in [-0.4, -0.2) is 30.4 Å². The van der Waals surface area contributed by atoms with Gasteiger partial charge in [0.1, 0.15) is 18.2 Å². The Morgan fingerprint density at radius 3 is 3.33 bits per heavy atom. The molecule has 12 heavy (non-hydrogen) atoms. The van der Waals surface area contributed by atoms with Crippen molar-refractivity contribution in [2.45, 2.75) is 6.17 Å². The van der Waals surface area contributed by atoms with Gasteiger partial charge in [0, 0.05) is 0 Å². The van der Waals surface area contributed by atoms with Crippen molar-refractivity contribution in [2.24, 2.45) is 21.6 Å². The lowest BCUT2D eigenvalue weighted by Crippen LogP contribution is -2.42. The molecule has 64 valence electrons. The normalized spacial score (nSPS) is 27.2. The average Bonchev–Trinajstić information content (AvgIpc) is 2.04. The number of nitrogens with one attached hydrogen (secondary N) is 1. The number of nitrogens with zero attached hydrogens (tertiary/aromatic N) is 3. The van der Waals surface area contributed by atoms with Gasteiger partial charge in [-0.2, -0.15) is 0 Å². The maximum absolute atomic E-state index is 5.67. The average molecular weight is 166 g/mol. The van der Waals surface area contributed by atoms with Crippen LogP contribution in [0.4, 0.5) is 0 Å². The van der Waals surface area contributed by atoms with Crippen molar-refractivity contribution in [3.05, 3.63) is 11.4 Å². The molecular weight excluding hydrogens is 156 g/mol. The molecule has 2 heterocycles. The van der Waals surface area contributed by atoms with Crippen LogP contribution in [0.3, 0.4) is 0 Å². The molecule has 0 aromatic heterocycles. The van der Waals surface area contributed by atoms with Crippen LogP contribution in [-0.2, 0) is 0 Å². The summed E-state index contributed by atoms with van der Waals surface area (Å²) in [4.78, 5) is 8.02. The van der Waals surface area contributed by atoms with Gasteiger partial charge in [0.05, 0.1) is 18.6 Å². The topological polar surface area (TPSA) is 92.0 Å². The van der Waals surface area contributed by atoms with Crippen molar-refractivity contribution in [2.75, 3.05) is 6.54 Å².